The fourth-order valence-corrected chi connectivity index (χ4v) is 3.17. The second-order valence-electron chi connectivity index (χ2n) is 6.07. The summed E-state index contributed by atoms with van der Waals surface area (Å²) in [5, 5.41) is 13.7. The van der Waals surface area contributed by atoms with Gasteiger partial charge in [-0.2, -0.15) is 20.1 Å². The van der Waals surface area contributed by atoms with Crippen LogP contribution >= 0.6 is 11.8 Å². The Balaban J connectivity index is 1.78. The Hall–Kier alpha value is -2.75. The first-order chi connectivity index (χ1) is 12.3. The maximum Gasteiger partial charge on any atom is 0.229 e. The fourth-order valence-electron chi connectivity index (χ4n) is 2.36. The molecule has 1 atom stereocenters. The Kier molecular flexibility index (Phi) is 5.03. The van der Waals surface area contributed by atoms with Crippen LogP contribution < -0.4 is 10.6 Å². The molecule has 9 nitrogen and oxygen atoms in total. The molecule has 136 valence electrons. The molecule has 0 saturated heterocycles. The average molecular weight is 371 g/mol. The van der Waals surface area contributed by atoms with Gasteiger partial charge in [0.05, 0.1) is 10.9 Å². The van der Waals surface area contributed by atoms with Crippen LogP contribution in [-0.2, 0) is 0 Å². The van der Waals surface area contributed by atoms with Crippen LogP contribution in [0, 0.1) is 13.8 Å². The third-order valence-corrected chi connectivity index (χ3v) is 4.60. The van der Waals surface area contributed by atoms with Gasteiger partial charge < -0.3 is 10.6 Å². The monoisotopic (exact) mass is 371 g/mol. The number of nitrogens with zero attached hydrogens (tertiary/aromatic N) is 8. The Morgan fingerprint density at radius 2 is 1.88 bits per heavy atom. The van der Waals surface area contributed by atoms with E-state index in [1.54, 1.807) is 9.58 Å². The predicted octanol–water partition coefficient (Wildman–Crippen LogP) is 1.97. The van der Waals surface area contributed by atoms with Crippen molar-refractivity contribution < 1.29 is 0 Å². The molecule has 3 heterocycles. The summed E-state index contributed by atoms with van der Waals surface area (Å²) in [4.78, 5) is 14.6. The van der Waals surface area contributed by atoms with Gasteiger partial charge in [-0.25, -0.2) is 4.68 Å². The number of hydrogen-bond donors (Lipinski definition) is 1. The van der Waals surface area contributed by atoms with Gasteiger partial charge in [-0.05, 0) is 39.0 Å². The van der Waals surface area contributed by atoms with Crippen LogP contribution in [-0.4, -0.2) is 49.0 Å². The van der Waals surface area contributed by atoms with E-state index in [2.05, 4.69) is 30.2 Å². The molecule has 0 aromatic carbocycles. The second kappa shape index (κ2) is 7.24. The highest BCUT2D eigenvalue weighted by atomic mass is 32.2. The van der Waals surface area contributed by atoms with Crippen molar-refractivity contribution in [1.29, 1.82) is 0 Å². The lowest BCUT2D eigenvalue weighted by molar-refractivity contribution is 0.764. The summed E-state index contributed by atoms with van der Waals surface area (Å²) in [6.45, 7) is 5.93. The molecule has 0 unspecified atom stereocenters. The van der Waals surface area contributed by atoms with Gasteiger partial charge in [0.2, 0.25) is 11.9 Å². The first-order valence-electron chi connectivity index (χ1n) is 8.06. The molecule has 0 bridgehead atoms. The van der Waals surface area contributed by atoms with Crippen molar-refractivity contribution >= 4 is 23.7 Å². The molecule has 3 aromatic heterocycles. The Morgan fingerprint density at radius 3 is 2.46 bits per heavy atom. The van der Waals surface area contributed by atoms with Crippen LogP contribution in [0.1, 0.15) is 29.4 Å². The number of aryl methyl sites for hydroxylation is 2. The summed E-state index contributed by atoms with van der Waals surface area (Å²) in [5.74, 6) is 2.03. The highest BCUT2D eigenvalue weighted by molar-refractivity contribution is 7.99. The van der Waals surface area contributed by atoms with Crippen molar-refractivity contribution in [2.75, 3.05) is 24.7 Å². The summed E-state index contributed by atoms with van der Waals surface area (Å²) in [6.07, 6.45) is 0. The topological polar surface area (TPSA) is 112 Å². The van der Waals surface area contributed by atoms with Crippen molar-refractivity contribution in [3.63, 3.8) is 0 Å². The molecule has 2 N–H and O–H groups in total. The van der Waals surface area contributed by atoms with Crippen molar-refractivity contribution in [2.24, 2.45) is 0 Å². The second-order valence-corrected chi connectivity index (χ2v) is 7.44. The molecule has 0 radical (unpaired) electrons. The number of rotatable bonds is 5. The zero-order chi connectivity index (χ0) is 18.8. The lowest BCUT2D eigenvalue weighted by Gasteiger charge is -2.14. The lowest BCUT2D eigenvalue weighted by Crippen LogP contribution is -2.16. The average Bonchev–Trinajstić information content (AvgIpc) is 2.93. The molecule has 0 saturated carbocycles. The standard InChI is InChI=1S/C16H21N9S/c1-9-8-10(2)25(23-9)12-6-7-13(22-21-12)26-11(3)14-18-15(17)20-16(19-14)24(4)5/h6-8,11H,1-5H3,(H2,17,18,19,20)/t11-/m1/s1. The normalized spacial score (nSPS) is 12.2. The number of aromatic nitrogens is 7. The molecule has 0 aliphatic carbocycles. The SMILES string of the molecule is Cc1cc(C)n(-c2ccc(S[C@H](C)c3nc(N)nc(N(C)C)n3)nn2)n1. The fraction of sp³-hybridized carbons (Fsp3) is 0.375. The van der Waals surface area contributed by atoms with Gasteiger partial charge in [-0.1, -0.05) is 11.8 Å². The lowest BCUT2D eigenvalue weighted by atomic mass is 10.4. The van der Waals surface area contributed by atoms with Gasteiger partial charge in [-0.3, -0.25) is 0 Å². The first-order valence-corrected chi connectivity index (χ1v) is 8.94. The molecular formula is C16H21N9S. The van der Waals surface area contributed by atoms with Crippen molar-refractivity contribution in [2.45, 2.75) is 31.0 Å². The van der Waals surface area contributed by atoms with E-state index in [-0.39, 0.29) is 11.2 Å². The van der Waals surface area contributed by atoms with E-state index < -0.39 is 0 Å². The smallest absolute Gasteiger partial charge is 0.229 e. The molecule has 0 fully saturated rings. The van der Waals surface area contributed by atoms with Crippen molar-refractivity contribution in [3.05, 3.63) is 35.4 Å². The molecule has 0 aliphatic heterocycles. The summed E-state index contributed by atoms with van der Waals surface area (Å²) >= 11 is 1.51. The zero-order valence-corrected chi connectivity index (χ0v) is 16.2. The summed E-state index contributed by atoms with van der Waals surface area (Å²) in [5.41, 5.74) is 7.75. The van der Waals surface area contributed by atoms with Gasteiger partial charge in [0.1, 0.15) is 10.9 Å². The van der Waals surface area contributed by atoms with E-state index in [0.717, 1.165) is 16.4 Å². The largest absolute Gasteiger partial charge is 0.368 e. The molecule has 3 aromatic rings. The molecule has 26 heavy (non-hydrogen) atoms. The van der Waals surface area contributed by atoms with Crippen LogP contribution in [0.3, 0.4) is 0 Å². The van der Waals surface area contributed by atoms with Gasteiger partial charge in [-0.15, -0.1) is 10.2 Å². The first kappa shape index (κ1) is 18.1. The summed E-state index contributed by atoms with van der Waals surface area (Å²) in [7, 11) is 3.72. The van der Waals surface area contributed by atoms with Crippen LogP contribution in [0.5, 0.6) is 0 Å². The number of anilines is 2. The molecule has 0 spiro atoms. The van der Waals surface area contributed by atoms with Gasteiger partial charge >= 0.3 is 0 Å². The van der Waals surface area contributed by atoms with Crippen LogP contribution in [0.15, 0.2) is 23.2 Å². The van der Waals surface area contributed by atoms with Crippen LogP contribution in [0.25, 0.3) is 5.82 Å². The van der Waals surface area contributed by atoms with Crippen LogP contribution in [0.4, 0.5) is 11.9 Å². The minimum atomic E-state index is -0.0483. The maximum atomic E-state index is 5.79. The highest BCUT2D eigenvalue weighted by Gasteiger charge is 2.16. The predicted molar refractivity (Wildman–Crippen MR) is 101 cm³/mol. The Labute approximate surface area is 156 Å². The molecular weight excluding hydrogens is 350 g/mol. The van der Waals surface area contributed by atoms with Gasteiger partial charge in [0, 0.05) is 19.8 Å². The van der Waals surface area contributed by atoms with E-state index in [0.29, 0.717) is 17.6 Å². The van der Waals surface area contributed by atoms with Crippen molar-refractivity contribution in [3.8, 4) is 5.82 Å². The third kappa shape index (κ3) is 3.90. The number of hydrogen-bond acceptors (Lipinski definition) is 9. The molecule has 10 heteroatoms. The minimum absolute atomic E-state index is 0.0483. The zero-order valence-electron chi connectivity index (χ0n) is 15.4. The van der Waals surface area contributed by atoms with Crippen molar-refractivity contribution in [1.82, 2.24) is 34.9 Å². The quantitative estimate of drug-likeness (QED) is 0.673. The van der Waals surface area contributed by atoms with E-state index in [1.807, 2.05) is 53.1 Å². The van der Waals surface area contributed by atoms with E-state index in [4.69, 9.17) is 5.73 Å². The van der Waals surface area contributed by atoms with Crippen LogP contribution in [0.2, 0.25) is 0 Å². The van der Waals surface area contributed by atoms with E-state index in [1.165, 1.54) is 11.8 Å². The Bertz CT molecular complexity index is 905. The third-order valence-electron chi connectivity index (χ3n) is 3.57. The van der Waals surface area contributed by atoms with Gasteiger partial charge in [0.15, 0.2) is 5.82 Å². The summed E-state index contributed by atoms with van der Waals surface area (Å²) < 4.78 is 1.77. The minimum Gasteiger partial charge on any atom is -0.368 e. The molecule has 0 amide bonds. The number of thioether (sulfide) groups is 1. The highest BCUT2D eigenvalue weighted by Crippen LogP contribution is 2.32. The van der Waals surface area contributed by atoms with E-state index >= 15 is 0 Å². The molecule has 0 aliphatic rings. The van der Waals surface area contributed by atoms with Gasteiger partial charge in [0.25, 0.3) is 0 Å². The Morgan fingerprint density at radius 1 is 1.12 bits per heavy atom. The summed E-state index contributed by atoms with van der Waals surface area (Å²) in [6, 6.07) is 5.81. The molecule has 3 rings (SSSR count). The van der Waals surface area contributed by atoms with E-state index in [9.17, 15) is 0 Å². The number of nitrogen functional groups attached to an aromatic ring is 1. The number of nitrogens with two attached hydrogens (primary N) is 1. The maximum absolute atomic E-state index is 5.79.